The van der Waals surface area contributed by atoms with Crippen LogP contribution >= 0.6 is 0 Å². The maximum Gasteiger partial charge on any atom is 0.0630 e. The van der Waals surface area contributed by atoms with Gasteiger partial charge in [0.1, 0.15) is 0 Å². The molecule has 1 aliphatic heterocycles. The minimum Gasteiger partial charge on any atom is -0.379 e. The van der Waals surface area contributed by atoms with E-state index in [9.17, 15) is 0 Å². The van der Waals surface area contributed by atoms with E-state index < -0.39 is 0 Å². The second-order valence-electron chi connectivity index (χ2n) is 11.8. The Labute approximate surface area is 193 Å². The van der Waals surface area contributed by atoms with Crippen molar-refractivity contribution >= 4 is 0 Å². The zero-order valence-electron chi connectivity index (χ0n) is 21.8. The zero-order valence-corrected chi connectivity index (χ0v) is 21.8. The minimum absolute atomic E-state index is 0.0626. The first kappa shape index (κ1) is 27.1. The molecule has 0 spiro atoms. The fourth-order valence-electron chi connectivity index (χ4n) is 5.36. The second kappa shape index (κ2) is 13.5. The highest BCUT2D eigenvalue weighted by atomic mass is 16.5. The molecule has 2 fully saturated rings. The predicted octanol–water partition coefficient (Wildman–Crippen LogP) is 6.18. The molecule has 184 valence electrons. The summed E-state index contributed by atoms with van der Waals surface area (Å²) in [5.74, 6) is 2.87. The van der Waals surface area contributed by atoms with Gasteiger partial charge in [0.05, 0.1) is 24.4 Å². The third-order valence-electron chi connectivity index (χ3n) is 7.35. The summed E-state index contributed by atoms with van der Waals surface area (Å²) >= 11 is 0. The van der Waals surface area contributed by atoms with Crippen molar-refractivity contribution < 1.29 is 14.2 Å². The normalized spacial score (nSPS) is 26.3. The van der Waals surface area contributed by atoms with Gasteiger partial charge in [0.25, 0.3) is 0 Å². The molecule has 0 radical (unpaired) electrons. The van der Waals surface area contributed by atoms with Gasteiger partial charge in [-0.1, -0.05) is 19.8 Å². The quantitative estimate of drug-likeness (QED) is 0.343. The van der Waals surface area contributed by atoms with E-state index >= 15 is 0 Å². The summed E-state index contributed by atoms with van der Waals surface area (Å²) < 4.78 is 18.4. The number of likely N-dealkylation sites (tertiary alicyclic amines) is 1. The number of rotatable bonds is 13. The highest BCUT2D eigenvalue weighted by molar-refractivity contribution is 4.78. The third kappa shape index (κ3) is 11.5. The molecule has 0 aromatic heterocycles. The van der Waals surface area contributed by atoms with Crippen molar-refractivity contribution in [2.45, 2.75) is 111 Å². The molecule has 0 aromatic rings. The molecule has 31 heavy (non-hydrogen) atoms. The molecule has 1 saturated carbocycles. The Hall–Kier alpha value is -0.160. The summed E-state index contributed by atoms with van der Waals surface area (Å²) in [6.07, 6.45) is 10.9. The predicted molar refractivity (Wildman–Crippen MR) is 131 cm³/mol. The van der Waals surface area contributed by atoms with Gasteiger partial charge in [-0.3, -0.25) is 0 Å². The minimum atomic E-state index is -0.0626. The van der Waals surface area contributed by atoms with Gasteiger partial charge in [0, 0.05) is 13.2 Å². The van der Waals surface area contributed by atoms with Gasteiger partial charge in [-0.15, -0.1) is 0 Å². The lowest BCUT2D eigenvalue weighted by molar-refractivity contribution is -0.0648. The van der Waals surface area contributed by atoms with Crippen LogP contribution in [0.4, 0.5) is 0 Å². The average molecular weight is 440 g/mol. The van der Waals surface area contributed by atoms with Crippen LogP contribution in [0.15, 0.2) is 0 Å². The van der Waals surface area contributed by atoms with Crippen molar-refractivity contribution in [1.82, 2.24) is 4.90 Å². The number of hydrogen-bond donors (Lipinski definition) is 0. The lowest BCUT2D eigenvalue weighted by Crippen LogP contribution is -2.33. The largest absolute Gasteiger partial charge is 0.379 e. The first-order chi connectivity index (χ1) is 14.6. The van der Waals surface area contributed by atoms with Crippen LogP contribution in [0.2, 0.25) is 0 Å². The van der Waals surface area contributed by atoms with Gasteiger partial charge in [0.15, 0.2) is 0 Å². The second-order valence-corrected chi connectivity index (χ2v) is 11.8. The number of hydrogen-bond acceptors (Lipinski definition) is 4. The molecule has 0 aromatic carbocycles. The number of piperidine rings is 1. The zero-order chi connectivity index (χ0) is 22.9. The summed E-state index contributed by atoms with van der Waals surface area (Å²) in [6, 6.07) is 0. The summed E-state index contributed by atoms with van der Waals surface area (Å²) in [5.41, 5.74) is -0.0626. The Morgan fingerprint density at radius 2 is 1.39 bits per heavy atom. The number of ether oxygens (including phenoxy) is 3. The van der Waals surface area contributed by atoms with E-state index in [4.69, 9.17) is 14.2 Å². The van der Waals surface area contributed by atoms with E-state index in [2.05, 4.69) is 53.5 Å². The van der Waals surface area contributed by atoms with E-state index in [0.29, 0.717) is 18.1 Å². The summed E-state index contributed by atoms with van der Waals surface area (Å²) in [7, 11) is 2.23. The number of nitrogens with zero attached hydrogens (tertiary/aromatic N) is 1. The molecule has 2 atom stereocenters. The standard InChI is InChI=1S/C27H53NO3/c1-21(2)29-18-22(3)17-27(5,6)31-20-25-10-8-24(9-11-25)16-23(4)30-19-26-12-14-28(7)15-13-26/h21-26H,8-20H2,1-7H3. The van der Waals surface area contributed by atoms with Gasteiger partial charge < -0.3 is 19.1 Å². The molecule has 1 heterocycles. The van der Waals surface area contributed by atoms with E-state index in [-0.39, 0.29) is 5.60 Å². The molecule has 0 N–H and O–H groups in total. The van der Waals surface area contributed by atoms with E-state index in [1.165, 1.54) is 58.0 Å². The van der Waals surface area contributed by atoms with Crippen LogP contribution < -0.4 is 0 Å². The van der Waals surface area contributed by atoms with Crippen molar-refractivity contribution in [2.75, 3.05) is 40.0 Å². The lowest BCUT2D eigenvalue weighted by atomic mass is 9.80. The summed E-state index contributed by atoms with van der Waals surface area (Å²) in [6.45, 7) is 18.4. The van der Waals surface area contributed by atoms with Gasteiger partial charge in [-0.2, -0.15) is 0 Å². The fourth-order valence-corrected chi connectivity index (χ4v) is 5.36. The monoisotopic (exact) mass is 439 g/mol. The SMILES string of the molecule is CC(COC(C)C)CC(C)(C)OCC1CCC(CC(C)OCC2CCN(C)CC2)CC1. The Morgan fingerprint density at radius 1 is 0.806 bits per heavy atom. The molecular formula is C27H53NO3. The molecule has 4 heteroatoms. The third-order valence-corrected chi connectivity index (χ3v) is 7.35. The van der Waals surface area contributed by atoms with Crippen LogP contribution in [0.1, 0.15) is 92.9 Å². The molecule has 2 aliphatic rings. The first-order valence-corrected chi connectivity index (χ1v) is 13.2. The van der Waals surface area contributed by atoms with E-state index in [1.54, 1.807) is 0 Å². The van der Waals surface area contributed by atoms with Crippen LogP contribution in [0.3, 0.4) is 0 Å². The average Bonchev–Trinajstić information content (AvgIpc) is 2.71. The van der Waals surface area contributed by atoms with Crippen molar-refractivity contribution in [3.8, 4) is 0 Å². The maximum absolute atomic E-state index is 6.39. The van der Waals surface area contributed by atoms with Crippen molar-refractivity contribution in [3.05, 3.63) is 0 Å². The molecule has 0 bridgehead atoms. The molecule has 4 nitrogen and oxygen atoms in total. The Kier molecular flexibility index (Phi) is 11.8. The van der Waals surface area contributed by atoms with Gasteiger partial charge >= 0.3 is 0 Å². The molecule has 2 rings (SSSR count). The topological polar surface area (TPSA) is 30.9 Å². The molecular weight excluding hydrogens is 386 g/mol. The van der Waals surface area contributed by atoms with Crippen molar-refractivity contribution in [2.24, 2.45) is 23.7 Å². The Bertz CT molecular complexity index is 465. The van der Waals surface area contributed by atoms with Gasteiger partial charge in [-0.05, 0) is 117 Å². The molecule has 1 aliphatic carbocycles. The van der Waals surface area contributed by atoms with Crippen LogP contribution in [0.25, 0.3) is 0 Å². The lowest BCUT2D eigenvalue weighted by Gasteiger charge is -2.34. The van der Waals surface area contributed by atoms with Crippen LogP contribution in [-0.2, 0) is 14.2 Å². The van der Waals surface area contributed by atoms with Crippen LogP contribution in [0, 0.1) is 23.7 Å². The Morgan fingerprint density at radius 3 is 2.00 bits per heavy atom. The van der Waals surface area contributed by atoms with Crippen LogP contribution in [-0.4, -0.2) is 62.7 Å². The van der Waals surface area contributed by atoms with Crippen LogP contribution in [0.5, 0.6) is 0 Å². The maximum atomic E-state index is 6.39. The first-order valence-electron chi connectivity index (χ1n) is 13.2. The molecule has 2 unspecified atom stereocenters. The highest BCUT2D eigenvalue weighted by Gasteiger charge is 2.27. The highest BCUT2D eigenvalue weighted by Crippen LogP contribution is 2.33. The fraction of sp³-hybridized carbons (Fsp3) is 1.00. The summed E-state index contributed by atoms with van der Waals surface area (Å²) in [5, 5.41) is 0. The van der Waals surface area contributed by atoms with Gasteiger partial charge in [-0.25, -0.2) is 0 Å². The van der Waals surface area contributed by atoms with E-state index in [1.807, 2.05) is 0 Å². The summed E-state index contributed by atoms with van der Waals surface area (Å²) in [4.78, 5) is 2.44. The molecule has 0 amide bonds. The van der Waals surface area contributed by atoms with Crippen molar-refractivity contribution in [3.63, 3.8) is 0 Å². The Balaban J connectivity index is 1.57. The van der Waals surface area contributed by atoms with E-state index in [0.717, 1.165) is 44.0 Å². The smallest absolute Gasteiger partial charge is 0.0630 e. The molecule has 1 saturated heterocycles. The van der Waals surface area contributed by atoms with Gasteiger partial charge in [0.2, 0.25) is 0 Å². The van der Waals surface area contributed by atoms with Crippen molar-refractivity contribution in [1.29, 1.82) is 0 Å².